The smallest absolute Gasteiger partial charge is 0.207 e. The molecule has 0 unspecified atom stereocenters. The van der Waals surface area contributed by atoms with E-state index < -0.39 is 10.0 Å². The molecular weight excluding hydrogens is 322 g/mol. The first-order valence-corrected chi connectivity index (χ1v) is 9.60. The number of nitrogens with one attached hydrogen (secondary N) is 1. The minimum Gasteiger partial charge on any atom is -0.207 e. The van der Waals surface area contributed by atoms with Gasteiger partial charge in [-0.25, -0.2) is 8.42 Å². The molecule has 0 bridgehead atoms. The highest BCUT2D eigenvalue weighted by atomic mass is 32.2. The molecule has 2 aromatic heterocycles. The van der Waals surface area contributed by atoms with Crippen molar-refractivity contribution in [2.24, 2.45) is 0 Å². The lowest BCUT2D eigenvalue weighted by Gasteiger charge is -2.16. The summed E-state index contributed by atoms with van der Waals surface area (Å²) in [4.78, 5) is 1.26. The van der Waals surface area contributed by atoms with Crippen molar-refractivity contribution >= 4 is 32.7 Å². The molecule has 2 heterocycles. The third-order valence-electron chi connectivity index (χ3n) is 3.03. The van der Waals surface area contributed by atoms with E-state index in [1.807, 2.05) is 34.3 Å². The van der Waals surface area contributed by atoms with Crippen LogP contribution in [0.3, 0.4) is 0 Å². The van der Waals surface area contributed by atoms with Gasteiger partial charge in [-0.2, -0.15) is 16.1 Å². The van der Waals surface area contributed by atoms with E-state index in [1.54, 1.807) is 53.0 Å². The average molecular weight is 335 g/mol. The number of sulfonamides is 1. The highest BCUT2D eigenvalue weighted by Crippen LogP contribution is 2.29. The van der Waals surface area contributed by atoms with Gasteiger partial charge in [0.2, 0.25) is 10.0 Å². The highest BCUT2D eigenvalue weighted by Gasteiger charge is 2.23. The van der Waals surface area contributed by atoms with E-state index >= 15 is 0 Å². The molecule has 3 nitrogen and oxygen atoms in total. The molecule has 0 aliphatic rings. The minimum atomic E-state index is -3.55. The lowest BCUT2D eigenvalue weighted by molar-refractivity contribution is 0.573. The van der Waals surface area contributed by atoms with Crippen LogP contribution in [-0.4, -0.2) is 8.42 Å². The first-order valence-electron chi connectivity index (χ1n) is 6.30. The largest absolute Gasteiger partial charge is 0.241 e. The van der Waals surface area contributed by atoms with E-state index in [2.05, 4.69) is 4.72 Å². The third-order valence-corrected chi connectivity index (χ3v) is 6.11. The first kappa shape index (κ1) is 14.5. The van der Waals surface area contributed by atoms with Gasteiger partial charge in [0, 0.05) is 4.88 Å². The Labute approximate surface area is 132 Å². The van der Waals surface area contributed by atoms with E-state index in [0.29, 0.717) is 0 Å². The summed E-state index contributed by atoms with van der Waals surface area (Å²) >= 11 is 3.10. The fraction of sp³-hybridized carbons (Fsp3) is 0.0667. The van der Waals surface area contributed by atoms with E-state index in [9.17, 15) is 8.42 Å². The topological polar surface area (TPSA) is 46.2 Å². The summed E-state index contributed by atoms with van der Waals surface area (Å²) in [6, 6.07) is 13.9. The molecule has 1 aromatic carbocycles. The molecule has 0 saturated heterocycles. The zero-order chi connectivity index (χ0) is 14.7. The maximum atomic E-state index is 12.5. The Bertz CT molecular complexity index is 745. The van der Waals surface area contributed by atoms with Gasteiger partial charge in [0.1, 0.15) is 0 Å². The van der Waals surface area contributed by atoms with Crippen LogP contribution in [0.1, 0.15) is 16.5 Å². The van der Waals surface area contributed by atoms with Gasteiger partial charge in [-0.15, -0.1) is 11.3 Å². The Hall–Kier alpha value is -1.47. The Morgan fingerprint density at radius 3 is 2.38 bits per heavy atom. The summed E-state index contributed by atoms with van der Waals surface area (Å²) in [7, 11) is -3.55. The number of hydrogen-bond donors (Lipinski definition) is 1. The van der Waals surface area contributed by atoms with E-state index in [0.717, 1.165) is 10.4 Å². The maximum Gasteiger partial charge on any atom is 0.241 e. The highest BCUT2D eigenvalue weighted by molar-refractivity contribution is 7.89. The molecule has 0 spiro atoms. The molecule has 108 valence electrons. The van der Waals surface area contributed by atoms with Crippen molar-refractivity contribution in [3.05, 3.63) is 75.1 Å². The zero-order valence-corrected chi connectivity index (χ0v) is 13.4. The Morgan fingerprint density at radius 2 is 1.76 bits per heavy atom. The van der Waals surface area contributed by atoms with Crippen LogP contribution in [0.2, 0.25) is 0 Å². The number of rotatable bonds is 5. The van der Waals surface area contributed by atoms with Crippen LogP contribution in [-0.2, 0) is 10.0 Å². The van der Waals surface area contributed by atoms with E-state index in [4.69, 9.17) is 0 Å². The molecule has 3 aromatic rings. The number of hydrogen-bond acceptors (Lipinski definition) is 4. The molecule has 0 saturated carbocycles. The van der Waals surface area contributed by atoms with Crippen LogP contribution in [0.15, 0.2) is 69.6 Å². The SMILES string of the molecule is O=S(=O)(N[C@@H](c1ccsc1)c1cccs1)c1ccccc1. The van der Waals surface area contributed by atoms with E-state index in [1.165, 1.54) is 0 Å². The lowest BCUT2D eigenvalue weighted by Crippen LogP contribution is -2.28. The maximum absolute atomic E-state index is 12.5. The van der Waals surface area contributed by atoms with Crippen molar-refractivity contribution in [1.82, 2.24) is 4.72 Å². The van der Waals surface area contributed by atoms with Gasteiger partial charge >= 0.3 is 0 Å². The van der Waals surface area contributed by atoms with Crippen molar-refractivity contribution in [3.8, 4) is 0 Å². The quantitative estimate of drug-likeness (QED) is 0.769. The van der Waals surface area contributed by atoms with Gasteiger partial charge < -0.3 is 0 Å². The predicted molar refractivity (Wildman–Crippen MR) is 87.2 cm³/mol. The van der Waals surface area contributed by atoms with Gasteiger partial charge in [-0.1, -0.05) is 24.3 Å². The molecule has 0 aliphatic heterocycles. The van der Waals surface area contributed by atoms with Crippen LogP contribution in [0.25, 0.3) is 0 Å². The summed E-state index contributed by atoms with van der Waals surface area (Å²) in [5, 5.41) is 5.87. The summed E-state index contributed by atoms with van der Waals surface area (Å²) in [6.45, 7) is 0. The van der Waals surface area contributed by atoms with Gasteiger partial charge in [0.25, 0.3) is 0 Å². The van der Waals surface area contributed by atoms with Gasteiger partial charge in [-0.05, 0) is 46.0 Å². The van der Waals surface area contributed by atoms with Gasteiger partial charge in [0.15, 0.2) is 0 Å². The van der Waals surface area contributed by atoms with Crippen LogP contribution in [0, 0.1) is 0 Å². The molecule has 1 atom stereocenters. The van der Waals surface area contributed by atoms with Crippen LogP contribution < -0.4 is 4.72 Å². The molecular formula is C15H13NO2S3. The summed E-state index contributed by atoms with van der Waals surface area (Å²) in [5.41, 5.74) is 0.960. The lowest BCUT2D eigenvalue weighted by atomic mass is 10.1. The third kappa shape index (κ3) is 3.24. The molecule has 1 N–H and O–H groups in total. The van der Waals surface area contributed by atoms with Crippen LogP contribution in [0.4, 0.5) is 0 Å². The molecule has 0 aliphatic carbocycles. The molecule has 0 amide bonds. The number of benzene rings is 1. The molecule has 6 heteroatoms. The average Bonchev–Trinajstić information content (AvgIpc) is 3.19. The van der Waals surface area contributed by atoms with Gasteiger partial charge in [-0.3, -0.25) is 0 Å². The Kier molecular flexibility index (Phi) is 4.21. The van der Waals surface area contributed by atoms with Crippen molar-refractivity contribution in [2.75, 3.05) is 0 Å². The summed E-state index contributed by atoms with van der Waals surface area (Å²) in [5.74, 6) is 0. The van der Waals surface area contributed by atoms with Crippen LogP contribution >= 0.6 is 22.7 Å². The normalized spacial score (nSPS) is 13.1. The second-order valence-corrected chi connectivity index (χ2v) is 7.91. The molecule has 0 radical (unpaired) electrons. The fourth-order valence-electron chi connectivity index (χ4n) is 2.01. The van der Waals surface area contributed by atoms with Crippen molar-refractivity contribution < 1.29 is 8.42 Å². The molecule has 21 heavy (non-hydrogen) atoms. The van der Waals surface area contributed by atoms with E-state index in [-0.39, 0.29) is 10.9 Å². The predicted octanol–water partition coefficient (Wildman–Crippen LogP) is 3.88. The standard InChI is InChI=1S/C15H13NO2S3/c17-21(18,13-5-2-1-3-6-13)16-15(12-8-10-19-11-12)14-7-4-9-20-14/h1-11,15-16H/t15-/m0/s1. The van der Waals surface area contributed by atoms with Gasteiger partial charge in [0.05, 0.1) is 10.9 Å². The second kappa shape index (κ2) is 6.11. The fourth-order valence-corrected chi connectivity index (χ4v) is 4.80. The van der Waals surface area contributed by atoms with Crippen molar-refractivity contribution in [1.29, 1.82) is 0 Å². The summed E-state index contributed by atoms with van der Waals surface area (Å²) in [6.07, 6.45) is 0. The van der Waals surface area contributed by atoms with Crippen molar-refractivity contribution in [2.45, 2.75) is 10.9 Å². The summed E-state index contributed by atoms with van der Waals surface area (Å²) < 4.78 is 27.9. The van der Waals surface area contributed by atoms with Crippen LogP contribution in [0.5, 0.6) is 0 Å². The Balaban J connectivity index is 1.96. The monoisotopic (exact) mass is 335 g/mol. The first-order chi connectivity index (χ1) is 10.2. The molecule has 0 fully saturated rings. The number of thiophene rings is 2. The Morgan fingerprint density at radius 1 is 0.952 bits per heavy atom. The van der Waals surface area contributed by atoms with Crippen molar-refractivity contribution in [3.63, 3.8) is 0 Å². The zero-order valence-electron chi connectivity index (χ0n) is 11.0. The minimum absolute atomic E-state index is 0.279. The second-order valence-electron chi connectivity index (χ2n) is 4.44. The molecule has 3 rings (SSSR count).